The number of esters is 1. The monoisotopic (exact) mass is 578 g/mol. The van der Waals surface area contributed by atoms with Crippen LogP contribution >= 0.6 is 11.6 Å². The van der Waals surface area contributed by atoms with Crippen LogP contribution in [0.5, 0.6) is 0 Å². The van der Waals surface area contributed by atoms with Crippen LogP contribution in [0.4, 0.5) is 0 Å². The Bertz CT molecular complexity index is 1500. The van der Waals surface area contributed by atoms with E-state index < -0.39 is 17.4 Å². The molecule has 1 atom stereocenters. The highest BCUT2D eigenvalue weighted by atomic mass is 35.5. The number of allylic oxidation sites excluding steroid dienone is 1. The Morgan fingerprint density at radius 1 is 1.10 bits per heavy atom. The molecule has 218 valence electrons. The van der Waals surface area contributed by atoms with E-state index in [9.17, 15) is 9.59 Å². The predicted molar refractivity (Wildman–Crippen MR) is 161 cm³/mol. The molecule has 0 saturated carbocycles. The van der Waals surface area contributed by atoms with Crippen molar-refractivity contribution in [1.82, 2.24) is 20.2 Å². The van der Waals surface area contributed by atoms with E-state index in [-0.39, 0.29) is 19.1 Å². The van der Waals surface area contributed by atoms with Gasteiger partial charge in [-0.25, -0.2) is 9.78 Å². The summed E-state index contributed by atoms with van der Waals surface area (Å²) >= 11 is 6.66. The van der Waals surface area contributed by atoms with Crippen LogP contribution in [0.25, 0.3) is 11.0 Å². The maximum atomic E-state index is 13.6. The van der Waals surface area contributed by atoms with E-state index in [0.29, 0.717) is 39.7 Å². The number of rotatable bonds is 10. The lowest BCUT2D eigenvalue weighted by Crippen LogP contribution is -2.45. The molecular formula is C32H39ClN4O4. The second-order valence-electron chi connectivity index (χ2n) is 11.2. The maximum absolute atomic E-state index is 13.6. The number of amides is 1. The van der Waals surface area contributed by atoms with Crippen LogP contribution in [-0.4, -0.2) is 46.8 Å². The molecule has 0 spiro atoms. The van der Waals surface area contributed by atoms with Gasteiger partial charge < -0.3 is 24.7 Å². The van der Waals surface area contributed by atoms with Crippen molar-refractivity contribution in [2.24, 2.45) is 7.05 Å². The van der Waals surface area contributed by atoms with Gasteiger partial charge in [0.1, 0.15) is 5.82 Å². The molecular weight excluding hydrogens is 540 g/mol. The molecule has 1 amide bonds. The number of nitrogens with one attached hydrogen (secondary N) is 2. The Morgan fingerprint density at radius 2 is 1.80 bits per heavy atom. The van der Waals surface area contributed by atoms with Crippen molar-refractivity contribution < 1.29 is 19.1 Å². The van der Waals surface area contributed by atoms with E-state index in [0.717, 1.165) is 29.7 Å². The van der Waals surface area contributed by atoms with Crippen molar-refractivity contribution in [3.05, 3.63) is 87.5 Å². The lowest BCUT2D eigenvalue weighted by atomic mass is 9.79. The second kappa shape index (κ2) is 12.9. The number of carbonyl (C=O) groups excluding carboxylic acids is 2. The number of ether oxygens (including phenoxy) is 2. The van der Waals surface area contributed by atoms with Crippen molar-refractivity contribution in [2.45, 2.75) is 58.9 Å². The lowest BCUT2D eigenvalue weighted by molar-refractivity contribution is -0.138. The molecule has 0 saturated heterocycles. The Kier molecular flexibility index (Phi) is 9.56. The highest BCUT2D eigenvalue weighted by molar-refractivity contribution is 6.31. The van der Waals surface area contributed by atoms with Crippen molar-refractivity contribution in [3.63, 3.8) is 0 Å². The number of dihydropyridines is 1. The third kappa shape index (κ3) is 7.00. The van der Waals surface area contributed by atoms with Crippen LogP contribution in [0.3, 0.4) is 0 Å². The highest BCUT2D eigenvalue weighted by Gasteiger charge is 2.39. The molecule has 0 fully saturated rings. The summed E-state index contributed by atoms with van der Waals surface area (Å²) in [6, 6.07) is 15.3. The molecule has 0 aliphatic carbocycles. The van der Waals surface area contributed by atoms with E-state index in [1.54, 1.807) is 13.0 Å². The Hall–Kier alpha value is -3.62. The van der Waals surface area contributed by atoms with Gasteiger partial charge in [0.05, 0.1) is 41.4 Å². The number of fused-ring (bicyclic) bond motifs is 1. The Labute approximate surface area is 246 Å². The molecule has 2 aromatic carbocycles. The number of halogens is 1. The van der Waals surface area contributed by atoms with Gasteiger partial charge in [-0.1, -0.05) is 41.9 Å². The SMILES string of the molecule is CCOC(=O)C1=C(COCCCc2nc3ccccc3n2C)NC(C)=C(C(=O)NC(C)(C)C)C1c1ccccc1Cl. The molecule has 41 heavy (non-hydrogen) atoms. The third-order valence-electron chi connectivity index (χ3n) is 6.90. The minimum atomic E-state index is -0.732. The van der Waals surface area contributed by atoms with Crippen molar-refractivity contribution in [2.75, 3.05) is 19.8 Å². The number of aromatic nitrogens is 2. The standard InChI is InChI=1S/C32H39ClN4O4/c1-7-41-31(39)29-24(19-40-18-12-17-26-35-23-15-10-11-16-25(23)37(26)6)34-20(2)27(30(38)36-32(3,4)5)28(29)21-13-8-9-14-22(21)33/h8-11,13-16,28,34H,7,12,17-19H2,1-6H3,(H,36,38). The van der Waals surface area contributed by atoms with Crippen molar-refractivity contribution in [1.29, 1.82) is 0 Å². The van der Waals surface area contributed by atoms with Gasteiger partial charge in [0.25, 0.3) is 0 Å². The first-order valence-corrected chi connectivity index (χ1v) is 14.3. The zero-order valence-electron chi connectivity index (χ0n) is 24.6. The number of carbonyl (C=O) groups is 2. The first kappa shape index (κ1) is 30.3. The van der Waals surface area contributed by atoms with Gasteiger partial charge >= 0.3 is 5.97 Å². The summed E-state index contributed by atoms with van der Waals surface area (Å²) in [4.78, 5) is 31.8. The molecule has 3 aromatic rings. The Morgan fingerprint density at radius 3 is 2.49 bits per heavy atom. The quantitative estimate of drug-likeness (QED) is 0.241. The molecule has 1 aliphatic heterocycles. The second-order valence-corrected chi connectivity index (χ2v) is 11.6. The fourth-order valence-corrected chi connectivity index (χ4v) is 5.36. The molecule has 1 aromatic heterocycles. The minimum absolute atomic E-state index is 0.142. The molecule has 0 radical (unpaired) electrons. The van der Waals surface area contributed by atoms with Gasteiger partial charge in [0.15, 0.2) is 0 Å². The van der Waals surface area contributed by atoms with Gasteiger partial charge in [-0.15, -0.1) is 0 Å². The predicted octanol–water partition coefficient (Wildman–Crippen LogP) is 5.57. The molecule has 1 aliphatic rings. The normalized spacial score (nSPS) is 15.7. The first-order valence-electron chi connectivity index (χ1n) is 13.9. The summed E-state index contributed by atoms with van der Waals surface area (Å²) in [5.41, 5.74) is 4.16. The van der Waals surface area contributed by atoms with Crippen molar-refractivity contribution >= 4 is 34.5 Å². The van der Waals surface area contributed by atoms with Gasteiger partial charge in [-0.3, -0.25) is 4.79 Å². The summed E-state index contributed by atoms with van der Waals surface area (Å²) in [7, 11) is 2.02. The van der Waals surface area contributed by atoms with Crippen LogP contribution in [0.1, 0.15) is 58.3 Å². The topological polar surface area (TPSA) is 94.5 Å². The minimum Gasteiger partial charge on any atom is -0.463 e. The first-order chi connectivity index (χ1) is 19.5. The third-order valence-corrected chi connectivity index (χ3v) is 7.25. The maximum Gasteiger partial charge on any atom is 0.336 e. The molecule has 2 heterocycles. The number of nitrogens with zero attached hydrogens (tertiary/aromatic N) is 2. The molecule has 4 rings (SSSR count). The molecule has 8 nitrogen and oxygen atoms in total. The lowest BCUT2D eigenvalue weighted by Gasteiger charge is -2.33. The molecule has 1 unspecified atom stereocenters. The Balaban J connectivity index is 1.60. The zero-order chi connectivity index (χ0) is 29.7. The van der Waals surface area contributed by atoms with Crippen LogP contribution in [0.2, 0.25) is 5.02 Å². The molecule has 9 heteroatoms. The van der Waals surface area contributed by atoms with Crippen molar-refractivity contribution in [3.8, 4) is 0 Å². The van der Waals surface area contributed by atoms with Crippen LogP contribution < -0.4 is 10.6 Å². The number of hydrogen-bond acceptors (Lipinski definition) is 6. The average Bonchev–Trinajstić information content (AvgIpc) is 3.22. The van der Waals surface area contributed by atoms with Gasteiger partial charge in [0.2, 0.25) is 5.91 Å². The van der Waals surface area contributed by atoms with Gasteiger partial charge in [0, 0.05) is 41.9 Å². The summed E-state index contributed by atoms with van der Waals surface area (Å²) in [5, 5.41) is 6.79. The number of benzene rings is 2. The highest BCUT2D eigenvalue weighted by Crippen LogP contribution is 2.41. The summed E-state index contributed by atoms with van der Waals surface area (Å²) in [5.74, 6) is -0.539. The zero-order valence-corrected chi connectivity index (χ0v) is 25.4. The van der Waals surface area contributed by atoms with Crippen LogP contribution in [0, 0.1) is 0 Å². The molecule has 0 bridgehead atoms. The fraction of sp³-hybridized carbons (Fsp3) is 0.406. The fourth-order valence-electron chi connectivity index (χ4n) is 5.11. The van der Waals surface area contributed by atoms with Gasteiger partial charge in [-0.2, -0.15) is 0 Å². The number of hydrogen-bond donors (Lipinski definition) is 2. The van der Waals surface area contributed by atoms with E-state index >= 15 is 0 Å². The van der Waals surface area contributed by atoms with E-state index in [2.05, 4.69) is 21.3 Å². The number of aryl methyl sites for hydroxylation is 2. The average molecular weight is 579 g/mol. The van der Waals surface area contributed by atoms with Crippen LogP contribution in [0.15, 0.2) is 71.1 Å². The summed E-state index contributed by atoms with van der Waals surface area (Å²) in [6.45, 7) is 10.1. The van der Waals surface area contributed by atoms with E-state index in [1.807, 2.05) is 71.1 Å². The number of para-hydroxylation sites is 2. The summed E-state index contributed by atoms with van der Waals surface area (Å²) in [6.07, 6.45) is 1.50. The smallest absolute Gasteiger partial charge is 0.336 e. The summed E-state index contributed by atoms with van der Waals surface area (Å²) < 4.78 is 13.7. The van der Waals surface area contributed by atoms with E-state index in [1.165, 1.54) is 0 Å². The van der Waals surface area contributed by atoms with Crippen LogP contribution in [-0.2, 0) is 32.5 Å². The van der Waals surface area contributed by atoms with Gasteiger partial charge in [-0.05, 0) is 64.8 Å². The van der Waals surface area contributed by atoms with E-state index in [4.69, 9.17) is 26.1 Å². The number of imidazole rings is 1. The largest absolute Gasteiger partial charge is 0.463 e. The molecule has 2 N–H and O–H groups in total.